The molecule has 0 saturated carbocycles. The van der Waals surface area contributed by atoms with Crippen LogP contribution >= 0.6 is 11.6 Å². The summed E-state index contributed by atoms with van der Waals surface area (Å²) >= 11 is 6.45. The maximum Gasteiger partial charge on any atom is 0.254 e. The van der Waals surface area contributed by atoms with Gasteiger partial charge in [-0.25, -0.2) is 0 Å². The third-order valence-corrected chi connectivity index (χ3v) is 5.54. The highest BCUT2D eigenvalue weighted by atomic mass is 35.5. The van der Waals surface area contributed by atoms with Gasteiger partial charge >= 0.3 is 0 Å². The van der Waals surface area contributed by atoms with Crippen molar-refractivity contribution < 1.29 is 19.0 Å². The molecule has 2 aromatic carbocycles. The molecule has 0 aromatic heterocycles. The second kappa shape index (κ2) is 10.6. The highest BCUT2D eigenvalue weighted by Gasteiger charge is 2.23. The fourth-order valence-corrected chi connectivity index (χ4v) is 3.85. The minimum atomic E-state index is -0.0489. The van der Waals surface area contributed by atoms with Gasteiger partial charge in [-0.1, -0.05) is 25.4 Å². The molecule has 6 nitrogen and oxygen atoms in total. The van der Waals surface area contributed by atoms with Gasteiger partial charge in [0.2, 0.25) is 0 Å². The third kappa shape index (κ3) is 5.76. The Balaban J connectivity index is 1.71. The molecular weight excluding hydrogens is 416 g/mol. The summed E-state index contributed by atoms with van der Waals surface area (Å²) < 4.78 is 16.5. The zero-order valence-corrected chi connectivity index (χ0v) is 19.4. The molecule has 1 aliphatic heterocycles. The zero-order valence-electron chi connectivity index (χ0n) is 18.7. The van der Waals surface area contributed by atoms with E-state index in [1.165, 1.54) is 0 Å². The molecule has 0 radical (unpaired) electrons. The van der Waals surface area contributed by atoms with Gasteiger partial charge in [-0.2, -0.15) is 0 Å². The first-order valence-corrected chi connectivity index (χ1v) is 11.0. The van der Waals surface area contributed by atoms with Crippen molar-refractivity contribution in [2.24, 2.45) is 5.92 Å². The normalized spacial score (nSPS) is 14.4. The maximum absolute atomic E-state index is 13.2. The summed E-state index contributed by atoms with van der Waals surface area (Å²) in [6, 6.07) is 11.4. The van der Waals surface area contributed by atoms with Crippen LogP contribution in [0, 0.1) is 5.92 Å². The number of ether oxygens (including phenoxy) is 3. The molecule has 0 atom stereocenters. The first-order chi connectivity index (χ1) is 14.9. The molecule has 0 spiro atoms. The molecule has 1 saturated heterocycles. The lowest BCUT2D eigenvalue weighted by atomic mass is 10.1. The smallest absolute Gasteiger partial charge is 0.254 e. The SMILES string of the molecule is COc1ccc(N2CCCN(C(=O)c3cc(Cl)c(OCC(C)C)c(OC)c3)CC2)cc1. The number of carbonyl (C=O) groups is 1. The van der Waals surface area contributed by atoms with E-state index in [0.717, 1.165) is 30.9 Å². The molecule has 0 bridgehead atoms. The van der Waals surface area contributed by atoms with Crippen molar-refractivity contribution in [3.63, 3.8) is 0 Å². The first-order valence-electron chi connectivity index (χ1n) is 10.6. The maximum atomic E-state index is 13.2. The van der Waals surface area contributed by atoms with Crippen LogP contribution < -0.4 is 19.1 Å². The Labute approximate surface area is 189 Å². The van der Waals surface area contributed by atoms with E-state index >= 15 is 0 Å². The molecule has 1 aliphatic rings. The van der Waals surface area contributed by atoms with E-state index in [1.54, 1.807) is 26.4 Å². The number of anilines is 1. The number of methoxy groups -OCH3 is 2. The van der Waals surface area contributed by atoms with Crippen LogP contribution in [0.3, 0.4) is 0 Å². The Morgan fingerprint density at radius 3 is 2.42 bits per heavy atom. The van der Waals surface area contributed by atoms with Gasteiger partial charge in [0.15, 0.2) is 11.5 Å². The topological polar surface area (TPSA) is 51.2 Å². The monoisotopic (exact) mass is 446 g/mol. The molecule has 1 fully saturated rings. The van der Waals surface area contributed by atoms with E-state index in [4.69, 9.17) is 25.8 Å². The van der Waals surface area contributed by atoms with Crippen LogP contribution in [-0.4, -0.2) is 57.8 Å². The molecule has 7 heteroatoms. The zero-order chi connectivity index (χ0) is 22.4. The average molecular weight is 447 g/mol. The standard InChI is InChI=1S/C24H31ClN2O4/c1-17(2)16-31-23-21(25)14-18(15-22(23)30-4)24(28)27-11-5-10-26(12-13-27)19-6-8-20(29-3)9-7-19/h6-9,14-15,17H,5,10-13,16H2,1-4H3. The molecule has 3 rings (SSSR count). The van der Waals surface area contributed by atoms with Crippen molar-refractivity contribution in [1.29, 1.82) is 0 Å². The Kier molecular flexibility index (Phi) is 7.91. The lowest BCUT2D eigenvalue weighted by molar-refractivity contribution is 0.0766. The summed E-state index contributed by atoms with van der Waals surface area (Å²) in [7, 11) is 3.22. The largest absolute Gasteiger partial charge is 0.497 e. The minimum absolute atomic E-state index is 0.0489. The van der Waals surface area contributed by atoms with E-state index in [9.17, 15) is 4.79 Å². The van der Waals surface area contributed by atoms with Crippen LogP contribution in [0.4, 0.5) is 5.69 Å². The lowest BCUT2D eigenvalue weighted by Gasteiger charge is -2.24. The lowest BCUT2D eigenvalue weighted by Crippen LogP contribution is -2.35. The number of nitrogens with zero attached hydrogens (tertiary/aromatic N) is 2. The van der Waals surface area contributed by atoms with Crippen LogP contribution in [0.1, 0.15) is 30.6 Å². The summed E-state index contributed by atoms with van der Waals surface area (Å²) in [6.45, 7) is 7.63. The van der Waals surface area contributed by atoms with Crippen LogP contribution in [0.15, 0.2) is 36.4 Å². The Hall–Kier alpha value is -2.60. The van der Waals surface area contributed by atoms with Gasteiger partial charge in [0, 0.05) is 37.4 Å². The van der Waals surface area contributed by atoms with E-state index in [0.29, 0.717) is 47.7 Å². The predicted molar refractivity (Wildman–Crippen MR) is 124 cm³/mol. The van der Waals surface area contributed by atoms with Crippen LogP contribution in [0.25, 0.3) is 0 Å². The molecular formula is C24H31ClN2O4. The summed E-state index contributed by atoms with van der Waals surface area (Å²) in [5.74, 6) is 2.10. The van der Waals surface area contributed by atoms with Crippen LogP contribution in [0.5, 0.6) is 17.2 Å². The van der Waals surface area contributed by atoms with Gasteiger partial charge in [-0.3, -0.25) is 4.79 Å². The molecule has 1 amide bonds. The fraction of sp³-hybridized carbons (Fsp3) is 0.458. The molecule has 31 heavy (non-hydrogen) atoms. The number of amides is 1. The fourth-order valence-electron chi connectivity index (χ4n) is 3.59. The number of hydrogen-bond donors (Lipinski definition) is 0. The molecule has 168 valence electrons. The minimum Gasteiger partial charge on any atom is -0.497 e. The van der Waals surface area contributed by atoms with E-state index in [1.807, 2.05) is 17.0 Å². The second-order valence-electron chi connectivity index (χ2n) is 8.03. The Morgan fingerprint density at radius 1 is 1.03 bits per heavy atom. The van der Waals surface area contributed by atoms with Crippen LogP contribution in [-0.2, 0) is 0 Å². The molecule has 0 N–H and O–H groups in total. The molecule has 0 unspecified atom stereocenters. The third-order valence-electron chi connectivity index (χ3n) is 5.26. The van der Waals surface area contributed by atoms with Crippen molar-refractivity contribution in [2.75, 3.05) is 51.9 Å². The first kappa shape index (κ1) is 23.1. The Morgan fingerprint density at radius 2 is 1.77 bits per heavy atom. The van der Waals surface area contributed by atoms with E-state index in [-0.39, 0.29) is 5.91 Å². The number of benzene rings is 2. The summed E-state index contributed by atoms with van der Waals surface area (Å²) in [5.41, 5.74) is 1.64. The van der Waals surface area contributed by atoms with E-state index < -0.39 is 0 Å². The van der Waals surface area contributed by atoms with Crippen molar-refractivity contribution >= 4 is 23.2 Å². The number of halogens is 1. The summed E-state index contributed by atoms with van der Waals surface area (Å²) in [5, 5.41) is 0.387. The molecule has 1 heterocycles. The van der Waals surface area contributed by atoms with Crippen molar-refractivity contribution in [3.05, 3.63) is 47.0 Å². The van der Waals surface area contributed by atoms with E-state index in [2.05, 4.69) is 30.9 Å². The number of rotatable bonds is 7. The van der Waals surface area contributed by atoms with Crippen LogP contribution in [0.2, 0.25) is 5.02 Å². The molecule has 0 aliphatic carbocycles. The van der Waals surface area contributed by atoms with Crippen molar-refractivity contribution in [2.45, 2.75) is 20.3 Å². The summed E-state index contributed by atoms with van der Waals surface area (Å²) in [6.07, 6.45) is 0.887. The summed E-state index contributed by atoms with van der Waals surface area (Å²) in [4.78, 5) is 17.4. The average Bonchev–Trinajstić information content (AvgIpc) is 3.03. The Bertz CT molecular complexity index is 886. The second-order valence-corrected chi connectivity index (χ2v) is 8.43. The van der Waals surface area contributed by atoms with Gasteiger partial charge in [-0.05, 0) is 48.7 Å². The van der Waals surface area contributed by atoms with Gasteiger partial charge in [0.25, 0.3) is 5.91 Å². The highest BCUT2D eigenvalue weighted by Crippen LogP contribution is 2.37. The van der Waals surface area contributed by atoms with Crippen molar-refractivity contribution in [1.82, 2.24) is 4.90 Å². The van der Waals surface area contributed by atoms with Gasteiger partial charge in [0.05, 0.1) is 25.8 Å². The van der Waals surface area contributed by atoms with Crippen molar-refractivity contribution in [3.8, 4) is 17.2 Å². The molecule has 2 aromatic rings. The quantitative estimate of drug-likeness (QED) is 0.614. The number of carbonyl (C=O) groups excluding carboxylic acids is 1. The van der Waals surface area contributed by atoms with Gasteiger partial charge in [0.1, 0.15) is 5.75 Å². The predicted octanol–water partition coefficient (Wildman–Crippen LogP) is 4.74. The van der Waals surface area contributed by atoms with Gasteiger partial charge < -0.3 is 24.0 Å². The van der Waals surface area contributed by atoms with Gasteiger partial charge in [-0.15, -0.1) is 0 Å². The number of hydrogen-bond acceptors (Lipinski definition) is 5. The highest BCUT2D eigenvalue weighted by molar-refractivity contribution is 6.32.